The number of carbonyl (C=O) groups excluding carboxylic acids is 2. The van der Waals surface area contributed by atoms with Crippen LogP contribution in [0.1, 0.15) is 78.6 Å². The van der Waals surface area contributed by atoms with Crippen LogP contribution in [0.4, 0.5) is 0 Å². The number of aliphatic hydroxyl groups is 1. The topological polar surface area (TPSA) is 72.8 Å². The smallest absolute Gasteiger partial charge is 0.302 e. The summed E-state index contributed by atoms with van der Waals surface area (Å²) in [5, 5.41) is 11.4. The molecule has 3 fully saturated rings. The SMILES string of the molecule is CC(=O)O[C@H]1[C@H](Br)CC2C3C(CC[C@@]21C)[C@@]1(C)CC[C@H](OCCCCC=O)CC1=C[C@@H]3O. The molecule has 5 nitrogen and oxygen atoms in total. The standard InChI is InChI=1S/C26H39BrO5/c1-16(29)32-24-21(27)15-20-23-19(8-10-26(20,24)3)25(2)9-7-18(13-17(25)14-22(23)30)31-12-6-4-5-11-28/h11,14,18-24,30H,4-10,12-13,15H2,1-3H3/t18-,19?,20?,21+,22-,23?,24-,25-,26-/m0/s1. The number of halogens is 1. The minimum Gasteiger partial charge on any atom is -0.461 e. The van der Waals surface area contributed by atoms with Crippen molar-refractivity contribution in [2.45, 2.75) is 102 Å². The molecule has 0 aromatic heterocycles. The van der Waals surface area contributed by atoms with Gasteiger partial charge in [0.15, 0.2) is 0 Å². The first-order valence-corrected chi connectivity index (χ1v) is 13.4. The van der Waals surface area contributed by atoms with E-state index in [4.69, 9.17) is 9.47 Å². The van der Waals surface area contributed by atoms with Crippen LogP contribution >= 0.6 is 15.9 Å². The number of aldehydes is 1. The van der Waals surface area contributed by atoms with Crippen molar-refractivity contribution in [2.75, 3.05) is 6.61 Å². The average Bonchev–Trinajstić information content (AvgIpc) is 2.98. The molecule has 6 heteroatoms. The molecule has 4 aliphatic rings. The summed E-state index contributed by atoms with van der Waals surface area (Å²) in [5.41, 5.74) is 1.40. The Hall–Kier alpha value is -0.720. The molecule has 0 bridgehead atoms. The summed E-state index contributed by atoms with van der Waals surface area (Å²) in [5.74, 6) is 0.793. The molecule has 0 amide bonds. The predicted octanol–water partition coefficient (Wildman–Crippen LogP) is 4.98. The third-order valence-corrected chi connectivity index (χ3v) is 10.2. The molecule has 0 spiro atoms. The van der Waals surface area contributed by atoms with Crippen molar-refractivity contribution in [2.24, 2.45) is 28.6 Å². The summed E-state index contributed by atoms with van der Waals surface area (Å²) in [4.78, 5) is 22.4. The van der Waals surface area contributed by atoms with Crippen LogP contribution in [0.3, 0.4) is 0 Å². The summed E-state index contributed by atoms with van der Waals surface area (Å²) in [7, 11) is 0. The highest BCUT2D eigenvalue weighted by atomic mass is 79.9. The van der Waals surface area contributed by atoms with Gasteiger partial charge in [-0.2, -0.15) is 0 Å². The fraction of sp³-hybridized carbons (Fsp3) is 0.846. The van der Waals surface area contributed by atoms with E-state index in [1.54, 1.807) is 0 Å². The molecule has 0 heterocycles. The molecule has 180 valence electrons. The average molecular weight is 511 g/mol. The summed E-state index contributed by atoms with van der Waals surface area (Å²) in [6.07, 6.45) is 11.3. The number of aliphatic hydroxyl groups excluding tert-OH is 1. The lowest BCUT2D eigenvalue weighted by Crippen LogP contribution is -2.55. The van der Waals surface area contributed by atoms with Gasteiger partial charge in [-0.25, -0.2) is 0 Å². The maximum Gasteiger partial charge on any atom is 0.302 e. The predicted molar refractivity (Wildman–Crippen MR) is 126 cm³/mol. The monoisotopic (exact) mass is 510 g/mol. The Morgan fingerprint density at radius 2 is 2.03 bits per heavy atom. The molecule has 0 aromatic rings. The number of hydrogen-bond acceptors (Lipinski definition) is 5. The van der Waals surface area contributed by atoms with Gasteiger partial charge in [0.2, 0.25) is 0 Å². The summed E-state index contributed by atoms with van der Waals surface area (Å²) >= 11 is 3.81. The van der Waals surface area contributed by atoms with Crippen LogP contribution < -0.4 is 0 Å². The summed E-state index contributed by atoms with van der Waals surface area (Å²) < 4.78 is 12.0. The van der Waals surface area contributed by atoms with Crippen LogP contribution in [0.25, 0.3) is 0 Å². The lowest BCUT2D eigenvalue weighted by atomic mass is 9.47. The van der Waals surface area contributed by atoms with Crippen molar-refractivity contribution in [3.8, 4) is 0 Å². The highest BCUT2D eigenvalue weighted by Gasteiger charge is 2.63. The number of rotatable bonds is 7. The second-order valence-corrected chi connectivity index (χ2v) is 12.3. The van der Waals surface area contributed by atoms with Gasteiger partial charge in [0.25, 0.3) is 0 Å². The van der Waals surface area contributed by atoms with Gasteiger partial charge in [0.05, 0.1) is 17.0 Å². The molecule has 0 saturated heterocycles. The normalized spacial score (nSPS) is 45.3. The minimum atomic E-state index is -0.449. The van der Waals surface area contributed by atoms with Crippen molar-refractivity contribution in [1.29, 1.82) is 0 Å². The first kappa shape index (κ1) is 24.4. The molecule has 0 radical (unpaired) electrons. The van der Waals surface area contributed by atoms with Crippen LogP contribution in [0.15, 0.2) is 11.6 Å². The molecule has 3 unspecified atom stereocenters. The Labute approximate surface area is 200 Å². The highest BCUT2D eigenvalue weighted by Crippen LogP contribution is 2.66. The number of ether oxygens (including phenoxy) is 2. The zero-order valence-electron chi connectivity index (χ0n) is 19.7. The third-order valence-electron chi connectivity index (χ3n) is 9.34. The van der Waals surface area contributed by atoms with Crippen molar-refractivity contribution < 1.29 is 24.2 Å². The van der Waals surface area contributed by atoms with Gasteiger partial charge in [-0.05, 0) is 74.5 Å². The van der Waals surface area contributed by atoms with Crippen molar-refractivity contribution in [3.05, 3.63) is 11.6 Å². The van der Waals surface area contributed by atoms with E-state index in [0.717, 1.165) is 57.7 Å². The third kappa shape index (κ3) is 4.24. The molecular weight excluding hydrogens is 472 g/mol. The molecule has 4 aliphatic carbocycles. The summed E-state index contributed by atoms with van der Waals surface area (Å²) in [6.45, 7) is 6.89. The second kappa shape index (κ2) is 9.50. The van der Waals surface area contributed by atoms with Crippen LogP contribution in [0, 0.1) is 28.6 Å². The van der Waals surface area contributed by atoms with E-state index in [-0.39, 0.29) is 39.8 Å². The van der Waals surface area contributed by atoms with E-state index < -0.39 is 6.10 Å². The largest absolute Gasteiger partial charge is 0.461 e. The van der Waals surface area contributed by atoms with Crippen LogP contribution in [-0.2, 0) is 19.1 Å². The Morgan fingerprint density at radius 1 is 1.25 bits per heavy atom. The number of hydrogen-bond donors (Lipinski definition) is 1. The number of carbonyl (C=O) groups is 2. The number of unbranched alkanes of at least 4 members (excludes halogenated alkanes) is 2. The fourth-order valence-corrected chi connectivity index (χ4v) is 8.77. The van der Waals surface area contributed by atoms with E-state index in [1.807, 2.05) is 0 Å². The maximum atomic E-state index is 11.8. The summed E-state index contributed by atoms with van der Waals surface area (Å²) in [6, 6.07) is 0. The molecule has 0 aliphatic heterocycles. The van der Waals surface area contributed by atoms with Gasteiger partial charge < -0.3 is 19.4 Å². The number of fused-ring (bicyclic) bond motifs is 5. The quantitative estimate of drug-likeness (QED) is 0.172. The van der Waals surface area contributed by atoms with E-state index in [0.29, 0.717) is 24.9 Å². The van der Waals surface area contributed by atoms with Crippen LogP contribution in [0.2, 0.25) is 0 Å². The Kier molecular flexibility index (Phi) is 7.24. The molecule has 3 saturated carbocycles. The van der Waals surface area contributed by atoms with Gasteiger partial charge in [-0.15, -0.1) is 0 Å². The molecular formula is C26H39BrO5. The zero-order chi connectivity index (χ0) is 23.1. The lowest BCUT2D eigenvalue weighted by Gasteiger charge is -2.58. The van der Waals surface area contributed by atoms with Gasteiger partial charge in [-0.1, -0.05) is 41.4 Å². The molecule has 32 heavy (non-hydrogen) atoms. The second-order valence-electron chi connectivity index (χ2n) is 11.1. The van der Waals surface area contributed by atoms with Gasteiger partial charge in [0, 0.05) is 25.4 Å². The number of esters is 1. The lowest BCUT2D eigenvalue weighted by molar-refractivity contribution is -0.159. The first-order valence-electron chi connectivity index (χ1n) is 12.5. The van der Waals surface area contributed by atoms with Crippen molar-refractivity contribution in [1.82, 2.24) is 0 Å². The minimum absolute atomic E-state index is 0.0917. The van der Waals surface area contributed by atoms with Crippen LogP contribution in [-0.4, -0.2) is 47.1 Å². The number of alkyl halides is 1. The van der Waals surface area contributed by atoms with E-state index in [2.05, 4.69) is 35.9 Å². The van der Waals surface area contributed by atoms with Crippen molar-refractivity contribution in [3.63, 3.8) is 0 Å². The van der Waals surface area contributed by atoms with Crippen molar-refractivity contribution >= 4 is 28.2 Å². The molecule has 1 N–H and O–H groups in total. The molecule has 0 aromatic carbocycles. The van der Waals surface area contributed by atoms with Gasteiger partial charge in [0.1, 0.15) is 12.4 Å². The fourth-order valence-electron chi connectivity index (χ4n) is 7.65. The van der Waals surface area contributed by atoms with E-state index in [9.17, 15) is 14.7 Å². The zero-order valence-corrected chi connectivity index (χ0v) is 21.3. The Morgan fingerprint density at radius 3 is 2.75 bits per heavy atom. The first-order chi connectivity index (χ1) is 15.2. The van der Waals surface area contributed by atoms with Gasteiger partial charge >= 0.3 is 5.97 Å². The Balaban J connectivity index is 1.49. The van der Waals surface area contributed by atoms with Gasteiger partial charge in [-0.3, -0.25) is 4.79 Å². The maximum absolute atomic E-state index is 11.8. The molecule has 9 atom stereocenters. The van der Waals surface area contributed by atoms with E-state index in [1.165, 1.54) is 12.5 Å². The van der Waals surface area contributed by atoms with E-state index >= 15 is 0 Å². The molecule has 4 rings (SSSR count). The van der Waals surface area contributed by atoms with Crippen LogP contribution in [0.5, 0.6) is 0 Å². The Bertz CT molecular complexity index is 752. The highest BCUT2D eigenvalue weighted by molar-refractivity contribution is 9.09.